The number of carbonyl (C=O) groups is 1. The number of aromatic nitrogens is 4. The first-order chi connectivity index (χ1) is 21.9. The van der Waals surface area contributed by atoms with Crippen LogP contribution in [0, 0.1) is 0 Å². The van der Waals surface area contributed by atoms with Crippen molar-refractivity contribution in [1.29, 1.82) is 0 Å². The van der Waals surface area contributed by atoms with Gasteiger partial charge < -0.3 is 23.0 Å². The second-order valence-electron chi connectivity index (χ2n) is 13.4. The van der Waals surface area contributed by atoms with Gasteiger partial charge in [0.1, 0.15) is 12.4 Å². The van der Waals surface area contributed by atoms with E-state index in [1.165, 1.54) is 6.33 Å². The van der Waals surface area contributed by atoms with Crippen molar-refractivity contribution in [3.05, 3.63) is 48.5 Å². The molecule has 252 valence electrons. The Balaban J connectivity index is 1.55. The van der Waals surface area contributed by atoms with Crippen LogP contribution in [0.2, 0.25) is 22.2 Å². The zero-order valence-electron chi connectivity index (χ0n) is 28.4. The summed E-state index contributed by atoms with van der Waals surface area (Å²) in [5.74, 6) is 1.11. The first kappa shape index (κ1) is 35.5. The van der Waals surface area contributed by atoms with Crippen LogP contribution in [-0.4, -0.2) is 72.4 Å². The molecule has 4 heterocycles. The Morgan fingerprint density at radius 3 is 2.28 bits per heavy atom. The molecule has 2 fully saturated rings. The SMILES string of the molecule is CCCSSC1[C@H]2O[Si](C(C)C)(C(C)C)O[Si](C(C)C)(C(C)C)OC[C@H]2O[C@H]1n1cnc2c(NC(=O)c3ccccc3)ncnc21. The van der Waals surface area contributed by atoms with E-state index in [0.29, 0.717) is 29.2 Å². The van der Waals surface area contributed by atoms with Crippen molar-refractivity contribution in [2.75, 3.05) is 17.7 Å². The predicted molar refractivity (Wildman–Crippen MR) is 192 cm³/mol. The zero-order valence-corrected chi connectivity index (χ0v) is 32.1. The number of benzene rings is 1. The zero-order chi connectivity index (χ0) is 33.2. The molecular weight excluding hydrogens is 655 g/mol. The fourth-order valence-electron chi connectivity index (χ4n) is 6.56. The van der Waals surface area contributed by atoms with Crippen molar-refractivity contribution in [1.82, 2.24) is 19.5 Å². The highest BCUT2D eigenvalue weighted by Crippen LogP contribution is 2.52. The van der Waals surface area contributed by atoms with Crippen molar-refractivity contribution in [3.8, 4) is 0 Å². The highest BCUT2D eigenvalue weighted by atomic mass is 33.1. The number of imidazole rings is 1. The number of fused-ring (bicyclic) bond motifs is 2. The first-order valence-electron chi connectivity index (χ1n) is 16.4. The topological polar surface area (TPSA) is 110 Å². The second-order valence-corrected chi connectivity index (χ2v) is 24.9. The average molecular weight is 704 g/mol. The minimum Gasteiger partial charge on any atom is -0.414 e. The number of hydrogen-bond donors (Lipinski definition) is 1. The van der Waals surface area contributed by atoms with Crippen LogP contribution in [0.5, 0.6) is 0 Å². The Labute approximate surface area is 283 Å². The fourth-order valence-corrected chi connectivity index (χ4v) is 20.8. The van der Waals surface area contributed by atoms with Crippen molar-refractivity contribution < 1.29 is 22.5 Å². The average Bonchev–Trinajstić information content (AvgIpc) is 3.58. The minimum absolute atomic E-state index is 0.0832. The number of ether oxygens (including phenoxy) is 1. The standard InChI is InChI=1S/C32H49N5O5S2Si2/c1-10-16-43-44-28-27-25(17-39-45(20(2)3,21(4)5)42-46(41-27,22(6)7)23(8)9)40-32(28)37-19-35-26-29(33-18-34-30(26)37)36-31(38)24-14-12-11-13-15-24/h11-15,18-23,25,27-28,32H,10,16-17H2,1-9H3,(H,33,34,36,38)/t25-,27+,28?,32-/m1/s1. The molecule has 4 atom stereocenters. The number of nitrogens with zero attached hydrogens (tertiary/aromatic N) is 4. The summed E-state index contributed by atoms with van der Waals surface area (Å²) in [7, 11) is -1.92. The van der Waals surface area contributed by atoms with Crippen molar-refractivity contribution in [3.63, 3.8) is 0 Å². The molecule has 2 aliphatic rings. The molecule has 1 N–H and O–H groups in total. The highest BCUT2D eigenvalue weighted by molar-refractivity contribution is 8.77. The van der Waals surface area contributed by atoms with Crippen LogP contribution in [-0.2, 0) is 17.7 Å². The Kier molecular flexibility index (Phi) is 11.4. The lowest BCUT2D eigenvalue weighted by molar-refractivity contribution is -0.0544. The largest absolute Gasteiger partial charge is 0.414 e. The van der Waals surface area contributed by atoms with Crippen molar-refractivity contribution in [2.45, 2.75) is 115 Å². The Hall–Kier alpha value is -1.79. The lowest BCUT2D eigenvalue weighted by Gasteiger charge is -2.51. The summed E-state index contributed by atoms with van der Waals surface area (Å²) in [6.45, 7) is 20.5. The molecule has 1 unspecified atom stereocenters. The molecule has 1 aromatic carbocycles. The van der Waals surface area contributed by atoms with Crippen LogP contribution >= 0.6 is 21.6 Å². The summed E-state index contributed by atoms with van der Waals surface area (Å²) in [5.41, 5.74) is 2.55. The maximum atomic E-state index is 13.0. The first-order valence-corrected chi connectivity index (χ1v) is 22.8. The van der Waals surface area contributed by atoms with Gasteiger partial charge in [-0.25, -0.2) is 15.0 Å². The molecule has 0 bridgehead atoms. The van der Waals surface area contributed by atoms with Gasteiger partial charge in [0, 0.05) is 11.3 Å². The van der Waals surface area contributed by atoms with Crippen LogP contribution in [0.25, 0.3) is 11.2 Å². The van der Waals surface area contributed by atoms with Gasteiger partial charge in [0.2, 0.25) is 0 Å². The molecule has 0 saturated carbocycles. The Morgan fingerprint density at radius 2 is 1.65 bits per heavy atom. The highest BCUT2D eigenvalue weighted by Gasteiger charge is 2.62. The molecule has 0 radical (unpaired) electrons. The third kappa shape index (κ3) is 6.73. The summed E-state index contributed by atoms with van der Waals surface area (Å²) in [6, 6.07) is 9.07. The van der Waals surface area contributed by atoms with E-state index in [4.69, 9.17) is 22.7 Å². The van der Waals surface area contributed by atoms with Gasteiger partial charge in [-0.2, -0.15) is 0 Å². The summed E-state index contributed by atoms with van der Waals surface area (Å²) in [4.78, 5) is 26.7. The molecule has 46 heavy (non-hydrogen) atoms. The number of nitrogens with one attached hydrogen (secondary N) is 1. The van der Waals surface area contributed by atoms with Crippen molar-refractivity contribution in [2.24, 2.45) is 0 Å². The van der Waals surface area contributed by atoms with E-state index in [-0.39, 0.29) is 45.5 Å². The van der Waals surface area contributed by atoms with Crippen LogP contribution in [0.1, 0.15) is 85.3 Å². The minimum atomic E-state index is -2.85. The van der Waals surface area contributed by atoms with Gasteiger partial charge in [0.15, 0.2) is 23.2 Å². The molecule has 2 aliphatic heterocycles. The monoisotopic (exact) mass is 703 g/mol. The van der Waals surface area contributed by atoms with E-state index >= 15 is 0 Å². The van der Waals surface area contributed by atoms with Crippen molar-refractivity contribution >= 4 is 61.6 Å². The van der Waals surface area contributed by atoms with E-state index in [1.54, 1.807) is 29.3 Å². The number of amides is 1. The van der Waals surface area contributed by atoms with Gasteiger partial charge in [-0.05, 0) is 40.7 Å². The van der Waals surface area contributed by atoms with Gasteiger partial charge in [0.05, 0.1) is 24.3 Å². The predicted octanol–water partition coefficient (Wildman–Crippen LogP) is 8.09. The lowest BCUT2D eigenvalue weighted by Crippen LogP contribution is -2.65. The van der Waals surface area contributed by atoms with Gasteiger partial charge in [-0.15, -0.1) is 0 Å². The van der Waals surface area contributed by atoms with Crippen LogP contribution in [0.15, 0.2) is 43.0 Å². The number of hydrogen-bond acceptors (Lipinski definition) is 10. The molecule has 10 nitrogen and oxygen atoms in total. The molecule has 14 heteroatoms. The van der Waals surface area contributed by atoms with E-state index in [2.05, 4.69) is 77.6 Å². The maximum Gasteiger partial charge on any atom is 0.335 e. The quantitative estimate of drug-likeness (QED) is 0.120. The molecule has 2 saturated heterocycles. The Bertz CT molecular complexity index is 1460. The van der Waals surface area contributed by atoms with E-state index in [9.17, 15) is 4.79 Å². The number of rotatable bonds is 11. The normalized spacial score (nSPS) is 24.5. The van der Waals surface area contributed by atoms with Crippen LogP contribution in [0.3, 0.4) is 0 Å². The summed E-state index contributed by atoms with van der Waals surface area (Å²) in [5, 5.41) is 2.84. The van der Waals surface area contributed by atoms with E-state index < -0.39 is 23.3 Å². The molecule has 2 aromatic heterocycles. The fraction of sp³-hybridized carbons (Fsp3) is 0.625. The lowest BCUT2D eigenvalue weighted by atomic mass is 10.2. The molecular formula is C32H49N5O5S2Si2. The van der Waals surface area contributed by atoms with Crippen LogP contribution in [0.4, 0.5) is 5.82 Å². The molecule has 0 spiro atoms. The van der Waals surface area contributed by atoms with Gasteiger partial charge in [-0.1, -0.05) is 102 Å². The maximum absolute atomic E-state index is 13.0. The third-order valence-electron chi connectivity index (χ3n) is 8.98. The van der Waals surface area contributed by atoms with Gasteiger partial charge in [-0.3, -0.25) is 9.36 Å². The van der Waals surface area contributed by atoms with Crippen LogP contribution < -0.4 is 5.32 Å². The smallest absolute Gasteiger partial charge is 0.335 e. The van der Waals surface area contributed by atoms with Gasteiger partial charge in [0.25, 0.3) is 5.91 Å². The second kappa shape index (κ2) is 14.8. The molecule has 1 amide bonds. The number of anilines is 1. The number of carbonyl (C=O) groups excluding carboxylic acids is 1. The van der Waals surface area contributed by atoms with E-state index in [0.717, 1.165) is 12.2 Å². The molecule has 5 rings (SSSR count). The molecule has 3 aromatic rings. The van der Waals surface area contributed by atoms with Gasteiger partial charge >= 0.3 is 17.1 Å². The molecule has 0 aliphatic carbocycles. The summed E-state index contributed by atoms with van der Waals surface area (Å²) in [6.07, 6.45) is 3.30. The summed E-state index contributed by atoms with van der Waals surface area (Å²) >= 11 is 0. The summed E-state index contributed by atoms with van der Waals surface area (Å²) < 4.78 is 30.9. The Morgan fingerprint density at radius 1 is 0.978 bits per heavy atom. The third-order valence-corrected chi connectivity index (χ3v) is 22.2. The van der Waals surface area contributed by atoms with E-state index in [1.807, 2.05) is 33.6 Å².